The molecule has 0 bridgehead atoms. The zero-order valence-corrected chi connectivity index (χ0v) is 12.5. The molecule has 0 aromatic carbocycles. The molecule has 4 atom stereocenters. The van der Waals surface area contributed by atoms with Crippen LogP contribution < -0.4 is 0 Å². The number of aliphatic hydroxyl groups excluding tert-OH is 1. The van der Waals surface area contributed by atoms with Crippen LogP contribution in [0, 0.1) is 0 Å². The lowest BCUT2D eigenvalue weighted by Gasteiger charge is -2.25. The monoisotopic (exact) mass is 262 g/mol. The first-order valence-corrected chi connectivity index (χ1v) is 7.04. The maximum Gasteiger partial charge on any atom is 0.0833 e. The molecule has 1 N–H and O–H groups in total. The van der Waals surface area contributed by atoms with Gasteiger partial charge in [0.25, 0.3) is 0 Å². The van der Waals surface area contributed by atoms with Crippen molar-refractivity contribution >= 4 is 0 Å². The van der Waals surface area contributed by atoms with E-state index in [1.165, 1.54) is 0 Å². The van der Waals surface area contributed by atoms with E-state index in [0.717, 1.165) is 12.8 Å². The summed E-state index contributed by atoms with van der Waals surface area (Å²) in [5, 5.41) is 9.12. The molecule has 110 valence electrons. The lowest BCUT2D eigenvalue weighted by atomic mass is 10.1. The van der Waals surface area contributed by atoms with E-state index < -0.39 is 6.10 Å². The zero-order chi connectivity index (χ0) is 14.0. The van der Waals surface area contributed by atoms with E-state index in [1.54, 1.807) is 6.92 Å². The minimum atomic E-state index is -0.430. The summed E-state index contributed by atoms with van der Waals surface area (Å²) < 4.78 is 16.9. The predicted molar refractivity (Wildman–Crippen MR) is 72.8 cm³/mol. The molecule has 0 aliphatic rings. The van der Waals surface area contributed by atoms with E-state index in [4.69, 9.17) is 19.3 Å². The van der Waals surface area contributed by atoms with Gasteiger partial charge in [-0.3, -0.25) is 0 Å². The average molecular weight is 262 g/mol. The van der Waals surface area contributed by atoms with Crippen molar-refractivity contribution in [3.63, 3.8) is 0 Å². The van der Waals surface area contributed by atoms with Crippen molar-refractivity contribution in [2.24, 2.45) is 0 Å². The van der Waals surface area contributed by atoms with E-state index in [1.807, 2.05) is 20.8 Å². The summed E-state index contributed by atoms with van der Waals surface area (Å²) >= 11 is 0. The van der Waals surface area contributed by atoms with Crippen molar-refractivity contribution < 1.29 is 19.3 Å². The summed E-state index contributed by atoms with van der Waals surface area (Å²) in [5.74, 6) is 0. The van der Waals surface area contributed by atoms with Gasteiger partial charge in [0.15, 0.2) is 0 Å². The number of hydrogen-bond acceptors (Lipinski definition) is 4. The van der Waals surface area contributed by atoms with Crippen LogP contribution in [0.5, 0.6) is 0 Å². The summed E-state index contributed by atoms with van der Waals surface area (Å²) in [6.07, 6.45) is 1.89. The smallest absolute Gasteiger partial charge is 0.0833 e. The summed E-state index contributed by atoms with van der Waals surface area (Å²) in [6, 6.07) is 0. The van der Waals surface area contributed by atoms with Crippen LogP contribution >= 0.6 is 0 Å². The molecule has 0 heterocycles. The summed E-state index contributed by atoms with van der Waals surface area (Å²) in [6.45, 7) is 11.4. The van der Waals surface area contributed by atoms with Gasteiger partial charge in [0, 0.05) is 6.61 Å². The SMILES string of the molecule is CCCC(OCC)C(C)OCC(C)OCC(C)O. The van der Waals surface area contributed by atoms with E-state index >= 15 is 0 Å². The van der Waals surface area contributed by atoms with Gasteiger partial charge in [0.2, 0.25) is 0 Å². The van der Waals surface area contributed by atoms with Gasteiger partial charge in [-0.1, -0.05) is 13.3 Å². The predicted octanol–water partition coefficient (Wildman–Crippen LogP) is 2.38. The molecule has 0 aliphatic carbocycles. The molecule has 18 heavy (non-hydrogen) atoms. The van der Waals surface area contributed by atoms with Crippen molar-refractivity contribution in [3.8, 4) is 0 Å². The minimum absolute atomic E-state index is 0.00838. The van der Waals surface area contributed by atoms with Crippen molar-refractivity contribution in [1.82, 2.24) is 0 Å². The van der Waals surface area contributed by atoms with Crippen LogP contribution in [0.2, 0.25) is 0 Å². The molecule has 4 heteroatoms. The second-order valence-corrected chi connectivity index (χ2v) is 4.81. The van der Waals surface area contributed by atoms with E-state index in [9.17, 15) is 0 Å². The van der Waals surface area contributed by atoms with Crippen LogP contribution in [0.4, 0.5) is 0 Å². The van der Waals surface area contributed by atoms with Crippen LogP contribution in [0.3, 0.4) is 0 Å². The fourth-order valence-corrected chi connectivity index (χ4v) is 1.70. The van der Waals surface area contributed by atoms with Gasteiger partial charge in [-0.15, -0.1) is 0 Å². The molecular formula is C14H30O4. The number of hydrogen-bond donors (Lipinski definition) is 1. The fourth-order valence-electron chi connectivity index (χ4n) is 1.70. The van der Waals surface area contributed by atoms with Crippen LogP contribution in [0.25, 0.3) is 0 Å². The second kappa shape index (κ2) is 10.7. The van der Waals surface area contributed by atoms with Gasteiger partial charge in [-0.05, 0) is 34.1 Å². The molecule has 0 spiro atoms. The van der Waals surface area contributed by atoms with Crippen LogP contribution in [0.1, 0.15) is 47.5 Å². The Morgan fingerprint density at radius 3 is 2.11 bits per heavy atom. The Bertz CT molecular complexity index is 179. The highest BCUT2D eigenvalue weighted by Crippen LogP contribution is 2.11. The van der Waals surface area contributed by atoms with Gasteiger partial charge in [-0.2, -0.15) is 0 Å². The van der Waals surface area contributed by atoms with Gasteiger partial charge >= 0.3 is 0 Å². The quantitative estimate of drug-likeness (QED) is 0.621. The Morgan fingerprint density at radius 2 is 1.61 bits per heavy atom. The third-order valence-corrected chi connectivity index (χ3v) is 2.69. The first kappa shape index (κ1) is 17.8. The van der Waals surface area contributed by atoms with Crippen LogP contribution in [0.15, 0.2) is 0 Å². The Balaban J connectivity index is 3.86. The first-order valence-electron chi connectivity index (χ1n) is 7.04. The highest BCUT2D eigenvalue weighted by molar-refractivity contribution is 4.66. The van der Waals surface area contributed by atoms with Crippen LogP contribution in [-0.2, 0) is 14.2 Å². The molecule has 0 saturated heterocycles. The Kier molecular flexibility index (Phi) is 10.6. The van der Waals surface area contributed by atoms with Crippen molar-refractivity contribution in [1.29, 1.82) is 0 Å². The molecule has 0 aliphatic heterocycles. The average Bonchev–Trinajstić information content (AvgIpc) is 2.33. The molecule has 0 rings (SSSR count). The van der Waals surface area contributed by atoms with Crippen molar-refractivity contribution in [2.75, 3.05) is 19.8 Å². The van der Waals surface area contributed by atoms with Gasteiger partial charge < -0.3 is 19.3 Å². The van der Waals surface area contributed by atoms with E-state index in [-0.39, 0.29) is 18.3 Å². The molecule has 0 aromatic rings. The third kappa shape index (κ3) is 8.86. The van der Waals surface area contributed by atoms with Crippen molar-refractivity contribution in [3.05, 3.63) is 0 Å². The molecule has 0 saturated carbocycles. The Hall–Kier alpha value is -0.160. The maximum absolute atomic E-state index is 9.12. The summed E-state index contributed by atoms with van der Waals surface area (Å²) in [7, 11) is 0. The van der Waals surface area contributed by atoms with Gasteiger partial charge in [-0.25, -0.2) is 0 Å². The fraction of sp³-hybridized carbons (Fsp3) is 1.00. The zero-order valence-electron chi connectivity index (χ0n) is 12.5. The largest absolute Gasteiger partial charge is 0.391 e. The standard InChI is InChI=1S/C14H30O4/c1-6-8-14(16-7-2)13(5)18-10-12(4)17-9-11(3)15/h11-15H,6-10H2,1-5H3. The van der Waals surface area contributed by atoms with Crippen LogP contribution in [-0.4, -0.2) is 49.3 Å². The number of aliphatic hydroxyl groups is 1. The van der Waals surface area contributed by atoms with E-state index in [0.29, 0.717) is 19.8 Å². The lowest BCUT2D eigenvalue weighted by molar-refractivity contribution is -0.0987. The topological polar surface area (TPSA) is 47.9 Å². The third-order valence-electron chi connectivity index (χ3n) is 2.69. The normalized spacial score (nSPS) is 18.3. The maximum atomic E-state index is 9.12. The molecule has 0 fully saturated rings. The van der Waals surface area contributed by atoms with Gasteiger partial charge in [0.1, 0.15) is 0 Å². The molecule has 0 amide bonds. The molecule has 4 unspecified atom stereocenters. The lowest BCUT2D eigenvalue weighted by Crippen LogP contribution is -2.32. The first-order chi connectivity index (χ1) is 8.51. The molecule has 0 aromatic heterocycles. The van der Waals surface area contributed by atoms with Crippen molar-refractivity contribution in [2.45, 2.75) is 71.9 Å². The number of ether oxygens (including phenoxy) is 3. The minimum Gasteiger partial charge on any atom is -0.391 e. The highest BCUT2D eigenvalue weighted by atomic mass is 16.6. The molecular weight excluding hydrogens is 232 g/mol. The molecule has 4 nitrogen and oxygen atoms in total. The number of rotatable bonds is 11. The Labute approximate surface area is 112 Å². The Morgan fingerprint density at radius 1 is 0.944 bits per heavy atom. The highest BCUT2D eigenvalue weighted by Gasteiger charge is 2.18. The summed E-state index contributed by atoms with van der Waals surface area (Å²) in [5.41, 5.74) is 0. The second-order valence-electron chi connectivity index (χ2n) is 4.81. The summed E-state index contributed by atoms with van der Waals surface area (Å²) in [4.78, 5) is 0. The van der Waals surface area contributed by atoms with E-state index in [2.05, 4.69) is 6.92 Å². The van der Waals surface area contributed by atoms with Gasteiger partial charge in [0.05, 0.1) is 37.6 Å². The molecule has 0 radical (unpaired) electrons.